The predicted molar refractivity (Wildman–Crippen MR) is 143 cm³/mol. The van der Waals surface area contributed by atoms with Gasteiger partial charge in [0.05, 0.1) is 18.7 Å². The van der Waals surface area contributed by atoms with E-state index in [9.17, 15) is 19.2 Å². The van der Waals surface area contributed by atoms with E-state index in [1.807, 2.05) is 20.9 Å². The number of ketones is 2. The van der Waals surface area contributed by atoms with Crippen LogP contribution in [-0.4, -0.2) is 58.4 Å². The molecule has 1 saturated heterocycles. The molecule has 1 aromatic carbocycles. The van der Waals surface area contributed by atoms with Crippen LogP contribution >= 0.6 is 0 Å². The van der Waals surface area contributed by atoms with E-state index < -0.39 is 5.97 Å². The molecule has 4 unspecified atom stereocenters. The molecule has 3 rings (SSSR count). The summed E-state index contributed by atoms with van der Waals surface area (Å²) in [6.07, 6.45) is 9.97. The van der Waals surface area contributed by atoms with Crippen LogP contribution in [0.15, 0.2) is 41.5 Å². The quantitative estimate of drug-likeness (QED) is 0.351. The molecule has 204 valence electrons. The van der Waals surface area contributed by atoms with Gasteiger partial charge in [0, 0.05) is 24.0 Å². The largest absolute Gasteiger partial charge is 0.478 e. The van der Waals surface area contributed by atoms with Gasteiger partial charge >= 0.3 is 12.0 Å². The summed E-state index contributed by atoms with van der Waals surface area (Å²) >= 11 is 0. The molecule has 0 spiro atoms. The molecule has 9 heteroatoms. The van der Waals surface area contributed by atoms with Crippen LogP contribution in [0.1, 0.15) is 93.9 Å². The van der Waals surface area contributed by atoms with Gasteiger partial charge in [0.2, 0.25) is 6.23 Å². The van der Waals surface area contributed by atoms with Crippen molar-refractivity contribution in [2.75, 3.05) is 7.05 Å². The molecule has 4 atom stereocenters. The first-order valence-corrected chi connectivity index (χ1v) is 12.8. The Bertz CT molecular complexity index is 986. The van der Waals surface area contributed by atoms with Gasteiger partial charge in [-0.2, -0.15) is 4.48 Å². The van der Waals surface area contributed by atoms with E-state index in [2.05, 4.69) is 11.9 Å². The van der Waals surface area contributed by atoms with E-state index in [0.717, 1.165) is 25.7 Å². The number of carbonyl (C=O) groups excluding carboxylic acids is 3. The van der Waals surface area contributed by atoms with E-state index >= 15 is 0 Å². The number of quaternary nitrogens is 1. The summed E-state index contributed by atoms with van der Waals surface area (Å²) in [5, 5.41) is 8.66. The van der Waals surface area contributed by atoms with E-state index in [1.54, 1.807) is 31.3 Å². The standard InChI is InChI=1S/C13H21N3O2.C9H8O3.C6H12O/c1-3-4-5-10-6-7-12(18-10)16(2)9-8-11(14)15-13(16)17;1-6(10)7-4-2-3-5-8(7)9(11)12;1-4-5(2)6(3)7/h8-10,12H,3-7H2,1-2H3,(H-,14,15,17);2-5H,1H3,(H,11,12);5H,4H2,1-3H3/p+1. The van der Waals surface area contributed by atoms with Gasteiger partial charge in [-0.3, -0.25) is 9.59 Å². The van der Waals surface area contributed by atoms with Crippen LogP contribution in [0.2, 0.25) is 0 Å². The van der Waals surface area contributed by atoms with Crippen LogP contribution < -0.4 is 5.73 Å². The number of carbonyl (C=O) groups is 4. The molecule has 0 aromatic heterocycles. The van der Waals surface area contributed by atoms with Crippen LogP contribution in [0.5, 0.6) is 0 Å². The monoisotopic (exact) mass is 516 g/mol. The Balaban J connectivity index is 0.000000311. The number of amides is 2. The number of Topliss-reactive ketones (excluding diaryl/α,β-unsaturated/α-hetero) is 2. The minimum absolute atomic E-state index is 0.0602. The summed E-state index contributed by atoms with van der Waals surface area (Å²) in [6.45, 7) is 9.12. The van der Waals surface area contributed by atoms with Crippen molar-refractivity contribution < 1.29 is 33.5 Å². The molecular formula is C28H42N3O6+. The number of carboxylic acid groups (broad SMARTS) is 1. The normalized spacial score (nSPS) is 23.1. The number of ether oxygens (including phenoxy) is 1. The number of hydrogen-bond acceptors (Lipinski definition) is 6. The number of hydrogen-bond donors (Lipinski definition) is 2. The van der Waals surface area contributed by atoms with Crippen molar-refractivity contribution in [1.82, 2.24) is 0 Å². The lowest BCUT2D eigenvalue weighted by molar-refractivity contribution is -0.830. The molecule has 37 heavy (non-hydrogen) atoms. The molecule has 0 aliphatic carbocycles. The van der Waals surface area contributed by atoms with Crippen molar-refractivity contribution in [2.24, 2.45) is 16.6 Å². The van der Waals surface area contributed by atoms with Crippen molar-refractivity contribution >= 4 is 29.4 Å². The second-order valence-corrected chi connectivity index (χ2v) is 9.54. The predicted octanol–water partition coefficient (Wildman–Crippen LogP) is 5.34. The fourth-order valence-corrected chi connectivity index (χ4v) is 3.76. The van der Waals surface area contributed by atoms with Gasteiger partial charge in [0.15, 0.2) is 5.78 Å². The highest BCUT2D eigenvalue weighted by Gasteiger charge is 2.45. The van der Waals surface area contributed by atoms with Gasteiger partial charge in [-0.15, -0.1) is 4.99 Å². The zero-order valence-corrected chi connectivity index (χ0v) is 22.9. The number of carboxylic acids is 1. The summed E-state index contributed by atoms with van der Waals surface area (Å²) in [7, 11) is 1.83. The summed E-state index contributed by atoms with van der Waals surface area (Å²) in [5.41, 5.74) is 5.84. The lowest BCUT2D eigenvalue weighted by atomic mass is 10.1. The number of amidine groups is 1. The first kappa shape index (κ1) is 31.9. The molecule has 2 aliphatic heterocycles. The van der Waals surface area contributed by atoms with Gasteiger partial charge < -0.3 is 15.6 Å². The van der Waals surface area contributed by atoms with E-state index in [1.165, 1.54) is 31.9 Å². The van der Waals surface area contributed by atoms with E-state index in [4.69, 9.17) is 15.6 Å². The maximum Gasteiger partial charge on any atom is 0.451 e. The molecule has 2 heterocycles. The zero-order chi connectivity index (χ0) is 28.2. The minimum Gasteiger partial charge on any atom is -0.478 e. The Labute approximate surface area is 220 Å². The van der Waals surface area contributed by atoms with Gasteiger partial charge in [0.25, 0.3) is 0 Å². The van der Waals surface area contributed by atoms with Crippen molar-refractivity contribution in [1.29, 1.82) is 0 Å². The number of benzene rings is 1. The SMILES string of the molecule is CC(=O)c1ccccc1C(=O)O.CCC(C)C(C)=O.CCCCC1CCC([N+]2(C)C=CC(N)=NC2=O)O1. The maximum atomic E-state index is 12.0. The fraction of sp³-hybridized carbons (Fsp3) is 0.536. The average molecular weight is 517 g/mol. The highest BCUT2D eigenvalue weighted by molar-refractivity contribution is 6.04. The first-order chi connectivity index (χ1) is 17.4. The molecule has 1 aromatic rings. The smallest absolute Gasteiger partial charge is 0.451 e. The molecular weight excluding hydrogens is 474 g/mol. The fourth-order valence-electron chi connectivity index (χ4n) is 3.76. The van der Waals surface area contributed by atoms with E-state index in [0.29, 0.717) is 5.78 Å². The number of rotatable bonds is 8. The lowest BCUT2D eigenvalue weighted by Crippen LogP contribution is -2.53. The Morgan fingerprint density at radius 1 is 1.16 bits per heavy atom. The highest BCUT2D eigenvalue weighted by Crippen LogP contribution is 2.31. The third kappa shape index (κ3) is 9.66. The summed E-state index contributed by atoms with van der Waals surface area (Å²) < 4.78 is 6.09. The number of urea groups is 1. The van der Waals surface area contributed by atoms with Crippen LogP contribution in [0.3, 0.4) is 0 Å². The Morgan fingerprint density at radius 2 is 1.78 bits per heavy atom. The molecule has 9 nitrogen and oxygen atoms in total. The first-order valence-electron chi connectivity index (χ1n) is 12.8. The molecule has 0 radical (unpaired) electrons. The van der Waals surface area contributed by atoms with Crippen molar-refractivity contribution in [3.05, 3.63) is 47.7 Å². The number of nitrogens with zero attached hydrogens (tertiary/aromatic N) is 2. The minimum atomic E-state index is -1.07. The van der Waals surface area contributed by atoms with Gasteiger partial charge in [0.1, 0.15) is 17.8 Å². The summed E-state index contributed by atoms with van der Waals surface area (Å²) in [6, 6.07) is 5.92. The Kier molecular flexibility index (Phi) is 13.1. The van der Waals surface area contributed by atoms with Crippen molar-refractivity contribution in [2.45, 2.75) is 85.5 Å². The average Bonchev–Trinajstić information content (AvgIpc) is 3.35. The third-order valence-corrected chi connectivity index (χ3v) is 6.60. The Hall–Kier alpha value is -3.17. The molecule has 0 saturated carbocycles. The van der Waals surface area contributed by atoms with Crippen molar-refractivity contribution in [3.63, 3.8) is 0 Å². The van der Waals surface area contributed by atoms with E-state index in [-0.39, 0.29) is 51.5 Å². The van der Waals surface area contributed by atoms with Crippen LogP contribution in [0.4, 0.5) is 4.79 Å². The van der Waals surface area contributed by atoms with Gasteiger partial charge in [-0.05, 0) is 39.2 Å². The lowest BCUT2D eigenvalue weighted by Gasteiger charge is -2.32. The number of nitrogens with two attached hydrogens (primary N) is 1. The number of aromatic carboxylic acids is 1. The van der Waals surface area contributed by atoms with Crippen molar-refractivity contribution in [3.8, 4) is 0 Å². The summed E-state index contributed by atoms with van der Waals surface area (Å²) in [5.74, 6) is -0.465. The number of unbranched alkanes of at least 4 members (excludes halogenated alkanes) is 1. The summed E-state index contributed by atoms with van der Waals surface area (Å²) in [4.78, 5) is 47.7. The second kappa shape index (κ2) is 15.2. The van der Waals surface area contributed by atoms with Crippen LogP contribution in [-0.2, 0) is 9.53 Å². The van der Waals surface area contributed by atoms with Gasteiger partial charge in [-0.1, -0.05) is 51.8 Å². The zero-order valence-electron chi connectivity index (χ0n) is 22.9. The number of aliphatic imine (C=N–C) groups is 1. The van der Waals surface area contributed by atoms with Crippen LogP contribution in [0.25, 0.3) is 0 Å². The molecule has 1 fully saturated rings. The molecule has 2 aliphatic rings. The molecule has 3 N–H and O–H groups in total. The molecule has 0 bridgehead atoms. The van der Waals surface area contributed by atoms with Gasteiger partial charge in [-0.25, -0.2) is 9.59 Å². The van der Waals surface area contributed by atoms with Crippen LogP contribution in [0, 0.1) is 5.92 Å². The maximum absolute atomic E-state index is 12.0. The molecule has 2 amide bonds. The second-order valence-electron chi connectivity index (χ2n) is 9.54. The third-order valence-electron chi connectivity index (χ3n) is 6.60. The Morgan fingerprint density at radius 3 is 2.22 bits per heavy atom. The highest BCUT2D eigenvalue weighted by atomic mass is 16.5. The topological polar surface area (TPSA) is 136 Å².